The lowest BCUT2D eigenvalue weighted by Crippen LogP contribution is -2.32. The first-order valence-electron chi connectivity index (χ1n) is 9.18. The Kier molecular flexibility index (Phi) is 5.15. The molecule has 1 aromatic carbocycles. The average Bonchev–Trinajstić information content (AvgIpc) is 2.65. The molecule has 0 unspecified atom stereocenters. The van der Waals surface area contributed by atoms with E-state index in [2.05, 4.69) is 30.1 Å². The molecule has 0 amide bonds. The Bertz CT molecular complexity index is 840. The van der Waals surface area contributed by atoms with Crippen molar-refractivity contribution in [3.8, 4) is 11.3 Å². The van der Waals surface area contributed by atoms with E-state index in [9.17, 15) is 4.79 Å². The maximum absolute atomic E-state index is 12.4. The topological polar surface area (TPSA) is 62.6 Å². The van der Waals surface area contributed by atoms with Gasteiger partial charge in [0.1, 0.15) is 6.10 Å². The first-order chi connectivity index (χ1) is 12.7. The van der Waals surface area contributed by atoms with Crippen LogP contribution in [0.15, 0.2) is 29.1 Å². The predicted octanol–water partition coefficient (Wildman–Crippen LogP) is 1.75. The van der Waals surface area contributed by atoms with Crippen LogP contribution >= 0.6 is 0 Å². The second kappa shape index (κ2) is 7.70. The minimum absolute atomic E-state index is 0.000911. The maximum atomic E-state index is 12.4. The van der Waals surface area contributed by atoms with Crippen LogP contribution in [-0.4, -0.2) is 48.7 Å². The zero-order valence-electron chi connectivity index (χ0n) is 15.1. The summed E-state index contributed by atoms with van der Waals surface area (Å²) in [6, 6.07) is 8.43. The van der Waals surface area contributed by atoms with E-state index in [-0.39, 0.29) is 11.8 Å². The van der Waals surface area contributed by atoms with Gasteiger partial charge in [0.25, 0.3) is 0 Å². The summed E-state index contributed by atoms with van der Waals surface area (Å²) in [5.41, 5.74) is 5.24. The van der Waals surface area contributed by atoms with E-state index in [1.54, 1.807) is 4.57 Å². The van der Waals surface area contributed by atoms with E-state index >= 15 is 0 Å². The van der Waals surface area contributed by atoms with E-state index < -0.39 is 0 Å². The number of aromatic nitrogens is 2. The Labute approximate surface area is 152 Å². The second-order valence-electron chi connectivity index (χ2n) is 6.87. The molecule has 3 heterocycles. The number of hydrogen-bond donors (Lipinski definition) is 0. The third-order valence-corrected chi connectivity index (χ3v) is 4.90. The highest BCUT2D eigenvalue weighted by Crippen LogP contribution is 2.29. The van der Waals surface area contributed by atoms with Gasteiger partial charge in [-0.3, -0.25) is 4.57 Å². The largest absolute Gasteiger partial charge is 0.378 e. The van der Waals surface area contributed by atoms with Crippen LogP contribution < -0.4 is 5.69 Å². The summed E-state index contributed by atoms with van der Waals surface area (Å²) < 4.78 is 18.4. The number of ether oxygens (including phenoxy) is 3. The fraction of sp³-hybridized carbons (Fsp3) is 0.500. The summed E-state index contributed by atoms with van der Waals surface area (Å²) in [7, 11) is 0. The highest BCUT2D eigenvalue weighted by atomic mass is 16.6. The van der Waals surface area contributed by atoms with Crippen LogP contribution in [0, 0.1) is 6.92 Å². The zero-order chi connectivity index (χ0) is 17.9. The molecule has 1 aromatic heterocycles. The van der Waals surface area contributed by atoms with Gasteiger partial charge in [0, 0.05) is 18.5 Å². The smallest absolute Gasteiger partial charge is 0.348 e. The molecule has 0 bridgehead atoms. The molecule has 2 aliphatic heterocycles. The normalized spacial score (nSPS) is 19.0. The van der Waals surface area contributed by atoms with Gasteiger partial charge in [0.05, 0.1) is 44.4 Å². The third-order valence-electron chi connectivity index (χ3n) is 4.90. The van der Waals surface area contributed by atoms with Crippen LogP contribution in [0.2, 0.25) is 0 Å². The summed E-state index contributed by atoms with van der Waals surface area (Å²) in [6.45, 7) is 5.65. The molecule has 1 atom stereocenters. The molecule has 0 spiro atoms. The number of aryl methyl sites for hydroxylation is 2. The summed E-state index contributed by atoms with van der Waals surface area (Å²) in [6.07, 6.45) is 1.48. The van der Waals surface area contributed by atoms with Crippen molar-refractivity contribution in [1.29, 1.82) is 0 Å². The first-order valence-corrected chi connectivity index (χ1v) is 9.18. The van der Waals surface area contributed by atoms with Gasteiger partial charge in [0.15, 0.2) is 0 Å². The van der Waals surface area contributed by atoms with Crippen molar-refractivity contribution in [2.24, 2.45) is 0 Å². The van der Waals surface area contributed by atoms with Gasteiger partial charge in [-0.2, -0.15) is 4.98 Å². The maximum Gasteiger partial charge on any atom is 0.348 e. The monoisotopic (exact) mass is 356 g/mol. The van der Waals surface area contributed by atoms with E-state index in [0.29, 0.717) is 46.0 Å². The van der Waals surface area contributed by atoms with Gasteiger partial charge in [-0.1, -0.05) is 23.8 Å². The zero-order valence-corrected chi connectivity index (χ0v) is 15.1. The lowest BCUT2D eigenvalue weighted by atomic mass is 9.95. The van der Waals surface area contributed by atoms with E-state index in [4.69, 9.17) is 14.2 Å². The minimum Gasteiger partial charge on any atom is -0.378 e. The molecular weight excluding hydrogens is 332 g/mol. The van der Waals surface area contributed by atoms with Crippen LogP contribution in [0.4, 0.5) is 0 Å². The van der Waals surface area contributed by atoms with Gasteiger partial charge in [-0.15, -0.1) is 0 Å². The Morgan fingerprint density at radius 2 is 2.23 bits per heavy atom. The molecule has 138 valence electrons. The molecule has 4 rings (SSSR count). The predicted molar refractivity (Wildman–Crippen MR) is 97.5 cm³/mol. The SMILES string of the molecule is Cc1ccc2c(c1)CCn1c-2cc(CCOC[C@H]2COCCO2)nc1=O. The van der Waals surface area contributed by atoms with E-state index in [1.165, 1.54) is 11.1 Å². The molecule has 2 aliphatic rings. The molecule has 0 radical (unpaired) electrons. The standard InChI is InChI=1S/C20H24N2O4/c1-14-2-3-18-15(10-14)4-6-22-19(18)11-16(21-20(22)23)5-7-24-12-17-13-25-8-9-26-17/h2-3,10-11,17H,4-9,12-13H2,1H3/t17-/m0/s1. The Hall–Kier alpha value is -2.02. The fourth-order valence-electron chi connectivity index (χ4n) is 3.56. The third kappa shape index (κ3) is 3.72. The van der Waals surface area contributed by atoms with Crippen LogP contribution in [-0.2, 0) is 33.6 Å². The van der Waals surface area contributed by atoms with Crippen LogP contribution in [0.1, 0.15) is 16.8 Å². The van der Waals surface area contributed by atoms with Crippen LogP contribution in [0.25, 0.3) is 11.3 Å². The van der Waals surface area contributed by atoms with Gasteiger partial charge < -0.3 is 14.2 Å². The fourth-order valence-corrected chi connectivity index (χ4v) is 3.56. The van der Waals surface area contributed by atoms with Crippen molar-refractivity contribution >= 4 is 0 Å². The van der Waals surface area contributed by atoms with Crippen LogP contribution in [0.5, 0.6) is 0 Å². The van der Waals surface area contributed by atoms with Crippen molar-refractivity contribution in [1.82, 2.24) is 9.55 Å². The molecule has 1 saturated heterocycles. The number of benzene rings is 1. The van der Waals surface area contributed by atoms with Gasteiger partial charge >= 0.3 is 5.69 Å². The number of nitrogens with zero attached hydrogens (tertiary/aromatic N) is 2. The average molecular weight is 356 g/mol. The minimum atomic E-state index is -0.173. The first kappa shape index (κ1) is 17.4. The molecule has 0 aliphatic carbocycles. The number of fused-ring (bicyclic) bond motifs is 3. The van der Waals surface area contributed by atoms with E-state index in [0.717, 1.165) is 23.4 Å². The highest BCUT2D eigenvalue weighted by molar-refractivity contribution is 5.66. The number of hydrogen-bond acceptors (Lipinski definition) is 5. The molecule has 6 nitrogen and oxygen atoms in total. The van der Waals surface area contributed by atoms with Gasteiger partial charge in [0.2, 0.25) is 0 Å². The van der Waals surface area contributed by atoms with Crippen molar-refractivity contribution in [2.75, 3.05) is 33.0 Å². The Morgan fingerprint density at radius 3 is 3.08 bits per heavy atom. The molecular formula is C20H24N2O4. The highest BCUT2D eigenvalue weighted by Gasteiger charge is 2.19. The van der Waals surface area contributed by atoms with Crippen LogP contribution in [0.3, 0.4) is 0 Å². The van der Waals surface area contributed by atoms with Gasteiger partial charge in [-0.25, -0.2) is 4.79 Å². The van der Waals surface area contributed by atoms with Gasteiger partial charge in [-0.05, 0) is 25.0 Å². The lowest BCUT2D eigenvalue weighted by molar-refractivity contribution is -0.115. The summed E-state index contributed by atoms with van der Waals surface area (Å²) >= 11 is 0. The number of rotatable bonds is 5. The Morgan fingerprint density at radius 1 is 1.31 bits per heavy atom. The van der Waals surface area contributed by atoms with Crippen molar-refractivity contribution in [3.05, 3.63) is 51.6 Å². The second-order valence-corrected chi connectivity index (χ2v) is 6.87. The van der Waals surface area contributed by atoms with Crippen molar-refractivity contribution in [2.45, 2.75) is 32.4 Å². The molecule has 26 heavy (non-hydrogen) atoms. The Balaban J connectivity index is 1.45. The summed E-state index contributed by atoms with van der Waals surface area (Å²) in [5, 5.41) is 0. The summed E-state index contributed by atoms with van der Waals surface area (Å²) in [4.78, 5) is 16.6. The molecule has 0 N–H and O–H groups in total. The summed E-state index contributed by atoms with van der Waals surface area (Å²) in [5.74, 6) is 0. The quantitative estimate of drug-likeness (QED) is 0.764. The van der Waals surface area contributed by atoms with Crippen molar-refractivity contribution in [3.63, 3.8) is 0 Å². The molecule has 0 saturated carbocycles. The van der Waals surface area contributed by atoms with Crippen molar-refractivity contribution < 1.29 is 14.2 Å². The molecule has 1 fully saturated rings. The van der Waals surface area contributed by atoms with E-state index in [1.807, 2.05) is 6.07 Å². The molecule has 6 heteroatoms. The molecule has 2 aromatic rings. The lowest BCUT2D eigenvalue weighted by Gasteiger charge is -2.23.